The Labute approximate surface area is 91.5 Å². The van der Waals surface area contributed by atoms with Crippen molar-refractivity contribution < 1.29 is 4.79 Å². The Balaban J connectivity index is 2.76. The van der Waals surface area contributed by atoms with E-state index >= 15 is 0 Å². The molecule has 3 nitrogen and oxygen atoms in total. The molecule has 84 valence electrons. The molecule has 3 heteroatoms. The maximum Gasteiger partial charge on any atom is 0.183 e. The second kappa shape index (κ2) is 5.69. The van der Waals surface area contributed by atoms with E-state index in [-0.39, 0.29) is 11.7 Å². The smallest absolute Gasteiger partial charge is 0.183 e. The van der Waals surface area contributed by atoms with E-state index in [2.05, 4.69) is 18.9 Å². The zero-order chi connectivity index (χ0) is 11.3. The highest BCUT2D eigenvalue weighted by molar-refractivity contribution is 5.96. The maximum absolute atomic E-state index is 12.1. The summed E-state index contributed by atoms with van der Waals surface area (Å²) in [4.78, 5) is 12.1. The molecule has 0 bridgehead atoms. The molecule has 0 saturated carbocycles. The first-order valence-electron chi connectivity index (χ1n) is 5.72. The molecule has 0 N–H and O–H groups in total. The Morgan fingerprint density at radius 3 is 2.40 bits per heavy atom. The molecule has 0 aliphatic carbocycles. The second-order valence-electron chi connectivity index (χ2n) is 3.98. The molecule has 1 aromatic rings. The van der Waals surface area contributed by atoms with Crippen LogP contribution < -0.4 is 0 Å². The Bertz CT molecular complexity index is 311. The van der Waals surface area contributed by atoms with Gasteiger partial charge < -0.3 is 0 Å². The van der Waals surface area contributed by atoms with Crippen LogP contribution >= 0.6 is 0 Å². The summed E-state index contributed by atoms with van der Waals surface area (Å²) in [5, 5.41) is 4.04. The number of ketones is 1. The predicted octanol–water partition coefficient (Wildman–Crippen LogP) is 2.82. The highest BCUT2D eigenvalue weighted by Crippen LogP contribution is 2.18. The van der Waals surface area contributed by atoms with Gasteiger partial charge in [-0.15, -0.1) is 0 Å². The molecule has 0 amide bonds. The van der Waals surface area contributed by atoms with E-state index in [0.717, 1.165) is 31.4 Å². The van der Waals surface area contributed by atoms with E-state index in [9.17, 15) is 4.79 Å². The fourth-order valence-corrected chi connectivity index (χ4v) is 1.93. The fraction of sp³-hybridized carbons (Fsp3) is 0.667. The summed E-state index contributed by atoms with van der Waals surface area (Å²) in [6.45, 7) is 4.25. The summed E-state index contributed by atoms with van der Waals surface area (Å²) >= 11 is 0. The minimum atomic E-state index is 0.176. The summed E-state index contributed by atoms with van der Waals surface area (Å²) in [5.74, 6) is 0.425. The Kier molecular flexibility index (Phi) is 4.53. The van der Waals surface area contributed by atoms with Crippen molar-refractivity contribution in [2.24, 2.45) is 13.0 Å². The van der Waals surface area contributed by atoms with Crippen LogP contribution in [-0.4, -0.2) is 15.6 Å². The van der Waals surface area contributed by atoms with Gasteiger partial charge in [-0.1, -0.05) is 26.7 Å². The maximum atomic E-state index is 12.1. The van der Waals surface area contributed by atoms with Gasteiger partial charge in [-0.2, -0.15) is 5.10 Å². The number of carbonyl (C=O) groups is 1. The van der Waals surface area contributed by atoms with Gasteiger partial charge in [0.15, 0.2) is 5.78 Å². The first kappa shape index (κ1) is 12.0. The van der Waals surface area contributed by atoms with Gasteiger partial charge >= 0.3 is 0 Å². The molecular weight excluding hydrogens is 188 g/mol. The molecule has 15 heavy (non-hydrogen) atoms. The Morgan fingerprint density at radius 1 is 1.40 bits per heavy atom. The minimum Gasteiger partial charge on any atom is -0.292 e. The highest BCUT2D eigenvalue weighted by Gasteiger charge is 2.20. The molecule has 0 radical (unpaired) electrons. The van der Waals surface area contributed by atoms with Crippen LogP contribution in [0.1, 0.15) is 50.0 Å². The standard InChI is InChI=1S/C12H20N2O/c1-4-6-10(7-5-2)12(15)11-8-9-13-14(11)3/h8-10H,4-7H2,1-3H3. The van der Waals surface area contributed by atoms with Crippen LogP contribution in [0, 0.1) is 5.92 Å². The van der Waals surface area contributed by atoms with E-state index in [1.165, 1.54) is 0 Å². The van der Waals surface area contributed by atoms with Gasteiger partial charge in [0.25, 0.3) is 0 Å². The molecule has 0 aliphatic heterocycles. The molecule has 1 heterocycles. The van der Waals surface area contributed by atoms with Crippen LogP contribution in [0.15, 0.2) is 12.3 Å². The van der Waals surface area contributed by atoms with Gasteiger partial charge in [0, 0.05) is 19.2 Å². The van der Waals surface area contributed by atoms with Gasteiger partial charge in [-0.05, 0) is 18.9 Å². The quantitative estimate of drug-likeness (QED) is 0.674. The van der Waals surface area contributed by atoms with Crippen LogP contribution in [0.4, 0.5) is 0 Å². The van der Waals surface area contributed by atoms with Crippen LogP contribution in [-0.2, 0) is 7.05 Å². The van der Waals surface area contributed by atoms with Crippen molar-refractivity contribution in [2.45, 2.75) is 39.5 Å². The number of rotatable bonds is 6. The second-order valence-corrected chi connectivity index (χ2v) is 3.98. The topological polar surface area (TPSA) is 34.9 Å². The van der Waals surface area contributed by atoms with E-state index in [1.54, 1.807) is 16.9 Å². The SMILES string of the molecule is CCCC(CCC)C(=O)c1ccnn1C. The number of aromatic nitrogens is 2. The van der Waals surface area contributed by atoms with Crippen LogP contribution in [0.2, 0.25) is 0 Å². The van der Waals surface area contributed by atoms with Crippen molar-refractivity contribution >= 4 is 5.78 Å². The van der Waals surface area contributed by atoms with Crippen LogP contribution in [0.25, 0.3) is 0 Å². The van der Waals surface area contributed by atoms with Crippen molar-refractivity contribution in [1.82, 2.24) is 9.78 Å². The van der Waals surface area contributed by atoms with Gasteiger partial charge in [-0.3, -0.25) is 9.48 Å². The average molecular weight is 208 g/mol. The van der Waals surface area contributed by atoms with Crippen molar-refractivity contribution in [3.63, 3.8) is 0 Å². The summed E-state index contributed by atoms with van der Waals surface area (Å²) in [6.07, 6.45) is 5.78. The average Bonchev–Trinajstić information content (AvgIpc) is 2.63. The first-order chi connectivity index (χ1) is 7.20. The third-order valence-corrected chi connectivity index (χ3v) is 2.72. The molecule has 0 atom stereocenters. The third-order valence-electron chi connectivity index (χ3n) is 2.72. The summed E-state index contributed by atoms with van der Waals surface area (Å²) in [7, 11) is 1.82. The first-order valence-corrected chi connectivity index (χ1v) is 5.72. The zero-order valence-electron chi connectivity index (χ0n) is 9.86. The normalized spacial score (nSPS) is 10.9. The molecule has 0 unspecified atom stereocenters. The lowest BCUT2D eigenvalue weighted by atomic mass is 9.92. The largest absolute Gasteiger partial charge is 0.292 e. The fourth-order valence-electron chi connectivity index (χ4n) is 1.93. The molecule has 1 rings (SSSR count). The van der Waals surface area contributed by atoms with Crippen LogP contribution in [0.3, 0.4) is 0 Å². The van der Waals surface area contributed by atoms with E-state index in [4.69, 9.17) is 0 Å². The molecule has 0 aromatic carbocycles. The molecule has 0 aliphatic rings. The number of hydrogen-bond donors (Lipinski definition) is 0. The predicted molar refractivity (Wildman–Crippen MR) is 60.8 cm³/mol. The number of nitrogens with zero attached hydrogens (tertiary/aromatic N) is 2. The highest BCUT2D eigenvalue weighted by atomic mass is 16.1. The number of Topliss-reactive ketones (excluding diaryl/α,β-unsaturated/α-hetero) is 1. The van der Waals surface area contributed by atoms with Crippen molar-refractivity contribution in [3.05, 3.63) is 18.0 Å². The summed E-state index contributed by atoms with van der Waals surface area (Å²) in [5.41, 5.74) is 0.738. The lowest BCUT2D eigenvalue weighted by Crippen LogP contribution is -2.17. The summed E-state index contributed by atoms with van der Waals surface area (Å²) in [6, 6.07) is 1.81. The van der Waals surface area contributed by atoms with Crippen LogP contribution in [0.5, 0.6) is 0 Å². The van der Waals surface area contributed by atoms with E-state index in [1.807, 2.05) is 7.05 Å². The van der Waals surface area contributed by atoms with E-state index < -0.39 is 0 Å². The number of hydrogen-bond acceptors (Lipinski definition) is 2. The monoisotopic (exact) mass is 208 g/mol. The lowest BCUT2D eigenvalue weighted by molar-refractivity contribution is 0.0895. The molecule has 0 saturated heterocycles. The third kappa shape index (κ3) is 2.91. The van der Waals surface area contributed by atoms with E-state index in [0.29, 0.717) is 0 Å². The Morgan fingerprint density at radius 2 is 2.00 bits per heavy atom. The Hall–Kier alpha value is -1.12. The van der Waals surface area contributed by atoms with Gasteiger partial charge in [0.05, 0.1) is 0 Å². The summed E-state index contributed by atoms with van der Waals surface area (Å²) < 4.78 is 1.67. The van der Waals surface area contributed by atoms with Gasteiger partial charge in [-0.25, -0.2) is 0 Å². The van der Waals surface area contributed by atoms with Crippen molar-refractivity contribution in [2.75, 3.05) is 0 Å². The van der Waals surface area contributed by atoms with Gasteiger partial charge in [0.2, 0.25) is 0 Å². The zero-order valence-corrected chi connectivity index (χ0v) is 9.86. The van der Waals surface area contributed by atoms with Crippen molar-refractivity contribution in [3.8, 4) is 0 Å². The number of carbonyl (C=O) groups excluding carboxylic acids is 1. The van der Waals surface area contributed by atoms with Gasteiger partial charge in [0.1, 0.15) is 5.69 Å². The number of aryl methyl sites for hydroxylation is 1. The minimum absolute atomic E-state index is 0.176. The lowest BCUT2D eigenvalue weighted by Gasteiger charge is -2.13. The molecule has 0 spiro atoms. The molecule has 0 fully saturated rings. The molecule has 1 aromatic heterocycles. The van der Waals surface area contributed by atoms with Crippen molar-refractivity contribution in [1.29, 1.82) is 0 Å². The molecular formula is C12H20N2O.